The third-order valence-electron chi connectivity index (χ3n) is 14.1. The first-order valence-electron chi connectivity index (χ1n) is 20.1. The molecule has 12 rings (SSSR count). The summed E-state index contributed by atoms with van der Waals surface area (Å²) in [7, 11) is 0. The highest BCUT2D eigenvalue weighted by atomic mass is 16.3. The zero-order valence-electron chi connectivity index (χ0n) is 31.8. The molecule has 2 nitrogen and oxygen atoms in total. The summed E-state index contributed by atoms with van der Waals surface area (Å²) in [5.41, 5.74) is 14.2. The van der Waals surface area contributed by atoms with Crippen molar-refractivity contribution in [2.75, 3.05) is 4.90 Å². The standard InChI is InChI=1S/C51H49NO/c1-49(2,3)43-15-10-16-46-47(43)41-27-45(39-12-6-7-13-40(39)48(41)53-46)52(36-21-22-38-37-11-8-9-14-42(37)50(4,5)44(38)26-36)35-19-17-34(18-20-35)51-28-31-23-32(29-51)25-33(24-31)30-51/h6-22,26-27,31-33H,23-25,28-30H2,1-5H3. The van der Waals surface area contributed by atoms with Gasteiger partial charge in [0.05, 0.1) is 5.69 Å². The molecule has 2 heteroatoms. The minimum atomic E-state index is -0.0929. The molecule has 0 N–H and O–H groups in total. The smallest absolute Gasteiger partial charge is 0.143 e. The first-order valence-corrected chi connectivity index (χ1v) is 20.1. The topological polar surface area (TPSA) is 16.4 Å². The normalized spacial score (nSPS) is 23.9. The third-order valence-corrected chi connectivity index (χ3v) is 14.1. The van der Waals surface area contributed by atoms with Crippen LogP contribution in [-0.2, 0) is 16.2 Å². The maximum atomic E-state index is 6.79. The summed E-state index contributed by atoms with van der Waals surface area (Å²) in [6.45, 7) is 11.7. The van der Waals surface area contributed by atoms with Gasteiger partial charge in [0.25, 0.3) is 0 Å². The lowest BCUT2D eigenvalue weighted by Gasteiger charge is -2.57. The number of fused-ring (bicyclic) bond motifs is 8. The Morgan fingerprint density at radius 3 is 1.96 bits per heavy atom. The monoisotopic (exact) mass is 691 g/mol. The number of nitrogens with zero attached hydrogens (tertiary/aromatic N) is 1. The second-order valence-corrected chi connectivity index (χ2v) is 18.8. The minimum Gasteiger partial charge on any atom is -0.455 e. The van der Waals surface area contributed by atoms with Crippen molar-refractivity contribution < 1.29 is 4.42 Å². The summed E-state index contributed by atoms with van der Waals surface area (Å²) in [6.07, 6.45) is 8.56. The molecule has 0 aliphatic heterocycles. The molecule has 4 fully saturated rings. The molecule has 4 saturated carbocycles. The van der Waals surface area contributed by atoms with Gasteiger partial charge in [0, 0.05) is 38.3 Å². The van der Waals surface area contributed by atoms with Crippen LogP contribution >= 0.6 is 0 Å². The van der Waals surface area contributed by atoms with Crippen molar-refractivity contribution in [3.63, 3.8) is 0 Å². The first-order chi connectivity index (χ1) is 25.6. The molecule has 7 aromatic rings. The maximum Gasteiger partial charge on any atom is 0.143 e. The zero-order valence-corrected chi connectivity index (χ0v) is 31.8. The Bertz CT molecular complexity index is 2580. The SMILES string of the molecule is CC(C)(C)c1cccc2oc3c4ccccc4c(N(c4ccc(C56CC7CC(CC(C7)C5)C6)cc4)c4ccc5c(c4)C(C)(C)c4ccccc4-5)cc3c12. The fourth-order valence-electron chi connectivity index (χ4n) is 12.1. The van der Waals surface area contributed by atoms with Crippen LogP contribution in [0.3, 0.4) is 0 Å². The molecular formula is C51H49NO. The molecular weight excluding hydrogens is 643 g/mol. The molecule has 0 atom stereocenters. The molecule has 0 amide bonds. The van der Waals surface area contributed by atoms with Gasteiger partial charge in [-0.1, -0.05) is 113 Å². The Balaban J connectivity index is 1.15. The molecule has 264 valence electrons. The molecule has 6 aromatic carbocycles. The van der Waals surface area contributed by atoms with Gasteiger partial charge >= 0.3 is 0 Å². The van der Waals surface area contributed by atoms with Gasteiger partial charge in [-0.3, -0.25) is 0 Å². The van der Waals surface area contributed by atoms with E-state index in [9.17, 15) is 0 Å². The van der Waals surface area contributed by atoms with Crippen LogP contribution in [0.2, 0.25) is 0 Å². The Kier molecular flexibility index (Phi) is 6.50. The molecule has 53 heavy (non-hydrogen) atoms. The van der Waals surface area contributed by atoms with Crippen LogP contribution in [0, 0.1) is 17.8 Å². The fraction of sp³-hybridized carbons (Fsp3) is 0.333. The predicted octanol–water partition coefficient (Wildman–Crippen LogP) is 14.3. The molecule has 0 spiro atoms. The van der Waals surface area contributed by atoms with E-state index in [2.05, 4.69) is 155 Å². The lowest BCUT2D eigenvalue weighted by atomic mass is 9.48. The molecule has 0 unspecified atom stereocenters. The molecule has 0 radical (unpaired) electrons. The quantitative estimate of drug-likeness (QED) is 0.183. The van der Waals surface area contributed by atoms with Crippen molar-refractivity contribution in [2.45, 2.75) is 89.4 Å². The van der Waals surface area contributed by atoms with Crippen molar-refractivity contribution in [1.82, 2.24) is 0 Å². The zero-order chi connectivity index (χ0) is 35.9. The van der Waals surface area contributed by atoms with Gasteiger partial charge in [0.2, 0.25) is 0 Å². The number of furan rings is 1. The molecule has 0 saturated heterocycles. The van der Waals surface area contributed by atoms with Gasteiger partial charge in [0.15, 0.2) is 0 Å². The highest BCUT2D eigenvalue weighted by Crippen LogP contribution is 2.61. The summed E-state index contributed by atoms with van der Waals surface area (Å²) in [4.78, 5) is 2.54. The van der Waals surface area contributed by atoms with Gasteiger partial charge in [0.1, 0.15) is 11.2 Å². The van der Waals surface area contributed by atoms with Gasteiger partial charge < -0.3 is 9.32 Å². The highest BCUT2D eigenvalue weighted by Gasteiger charge is 2.51. The number of anilines is 3. The summed E-state index contributed by atoms with van der Waals surface area (Å²) in [5, 5.41) is 4.76. The van der Waals surface area contributed by atoms with Gasteiger partial charge in [-0.05, 0) is 137 Å². The van der Waals surface area contributed by atoms with E-state index in [4.69, 9.17) is 4.42 Å². The van der Waals surface area contributed by atoms with Crippen LogP contribution in [0.4, 0.5) is 17.1 Å². The van der Waals surface area contributed by atoms with Crippen LogP contribution in [0.1, 0.15) is 95.4 Å². The minimum absolute atomic E-state index is 0.0323. The summed E-state index contributed by atoms with van der Waals surface area (Å²) in [6, 6.07) is 44.0. The van der Waals surface area contributed by atoms with Gasteiger partial charge in [-0.2, -0.15) is 0 Å². The van der Waals surface area contributed by atoms with Crippen molar-refractivity contribution in [3.8, 4) is 11.1 Å². The van der Waals surface area contributed by atoms with Gasteiger partial charge in [-0.25, -0.2) is 0 Å². The summed E-state index contributed by atoms with van der Waals surface area (Å²) in [5.74, 6) is 2.78. The van der Waals surface area contributed by atoms with E-state index < -0.39 is 0 Å². The lowest BCUT2D eigenvalue weighted by molar-refractivity contribution is -0.00518. The van der Waals surface area contributed by atoms with E-state index in [1.807, 2.05) is 0 Å². The van der Waals surface area contributed by atoms with E-state index in [-0.39, 0.29) is 10.8 Å². The third kappa shape index (κ3) is 4.57. The number of hydrogen-bond acceptors (Lipinski definition) is 2. The van der Waals surface area contributed by atoms with E-state index in [0.717, 1.165) is 34.3 Å². The average Bonchev–Trinajstić information content (AvgIpc) is 3.63. The van der Waals surface area contributed by atoms with Crippen LogP contribution in [0.15, 0.2) is 120 Å². The van der Waals surface area contributed by atoms with Crippen molar-refractivity contribution in [2.24, 2.45) is 17.8 Å². The number of hydrogen-bond donors (Lipinski definition) is 0. The van der Waals surface area contributed by atoms with Crippen molar-refractivity contribution in [3.05, 3.63) is 138 Å². The fourth-order valence-corrected chi connectivity index (χ4v) is 12.1. The largest absolute Gasteiger partial charge is 0.455 e. The summed E-state index contributed by atoms with van der Waals surface area (Å²) >= 11 is 0. The second kappa shape index (κ2) is 10.9. The number of benzene rings is 6. The van der Waals surface area contributed by atoms with Crippen molar-refractivity contribution >= 4 is 49.8 Å². The first kappa shape index (κ1) is 31.7. The van der Waals surface area contributed by atoms with E-state index >= 15 is 0 Å². The Labute approximate surface area is 313 Å². The van der Waals surface area contributed by atoms with E-state index in [1.165, 1.54) is 99.6 Å². The van der Waals surface area contributed by atoms with Crippen LogP contribution < -0.4 is 4.90 Å². The van der Waals surface area contributed by atoms with E-state index in [0.29, 0.717) is 5.41 Å². The molecule has 4 bridgehead atoms. The van der Waals surface area contributed by atoms with Gasteiger partial charge in [-0.15, -0.1) is 0 Å². The van der Waals surface area contributed by atoms with Crippen LogP contribution in [0.5, 0.6) is 0 Å². The molecule has 5 aliphatic rings. The maximum absolute atomic E-state index is 6.79. The van der Waals surface area contributed by atoms with Crippen LogP contribution in [0.25, 0.3) is 43.8 Å². The summed E-state index contributed by atoms with van der Waals surface area (Å²) < 4.78 is 6.79. The molecule has 5 aliphatic carbocycles. The van der Waals surface area contributed by atoms with Crippen molar-refractivity contribution in [1.29, 1.82) is 0 Å². The Hall–Kier alpha value is -4.82. The predicted molar refractivity (Wildman–Crippen MR) is 222 cm³/mol. The number of rotatable bonds is 4. The Morgan fingerprint density at radius 2 is 1.25 bits per heavy atom. The highest BCUT2D eigenvalue weighted by molar-refractivity contribution is 6.20. The Morgan fingerprint density at radius 1 is 0.604 bits per heavy atom. The average molecular weight is 692 g/mol. The molecule has 1 aromatic heterocycles. The van der Waals surface area contributed by atoms with E-state index in [1.54, 1.807) is 5.56 Å². The lowest BCUT2D eigenvalue weighted by Crippen LogP contribution is -2.48. The van der Waals surface area contributed by atoms with Crippen LogP contribution in [-0.4, -0.2) is 0 Å². The molecule has 1 heterocycles. The second-order valence-electron chi connectivity index (χ2n) is 18.8.